The Balaban J connectivity index is 2.30. The number of rotatable bonds is 1. The maximum atomic E-state index is 9.98. The molecule has 0 saturated heterocycles. The van der Waals surface area contributed by atoms with Crippen molar-refractivity contribution in [3.63, 3.8) is 0 Å². The van der Waals surface area contributed by atoms with Gasteiger partial charge in [-0.3, -0.25) is 0 Å². The SMILES string of the molecule is [O]=[GeH][O]F. The van der Waals surface area contributed by atoms with E-state index in [0.717, 1.165) is 0 Å². The fourth-order valence-electron chi connectivity index (χ4n) is 0. The first-order valence-electron chi connectivity index (χ1n) is 0.626. The van der Waals surface area contributed by atoms with Crippen LogP contribution >= 0.6 is 0 Å². The van der Waals surface area contributed by atoms with Crippen LogP contribution in [0.25, 0.3) is 0 Å². The van der Waals surface area contributed by atoms with Crippen LogP contribution in [0.15, 0.2) is 0 Å². The molecule has 0 heterocycles. The van der Waals surface area contributed by atoms with Crippen LogP contribution in [0.3, 0.4) is 0 Å². The van der Waals surface area contributed by atoms with E-state index in [-0.39, 0.29) is 0 Å². The third kappa shape index (κ3) is 2.07. The van der Waals surface area contributed by atoms with E-state index in [1.165, 1.54) is 0 Å². The van der Waals surface area contributed by atoms with E-state index in [4.69, 9.17) is 3.78 Å². The van der Waals surface area contributed by atoms with Crippen molar-refractivity contribution in [2.75, 3.05) is 0 Å². The van der Waals surface area contributed by atoms with Gasteiger partial charge in [-0.15, -0.1) is 0 Å². The van der Waals surface area contributed by atoms with Crippen molar-refractivity contribution < 1.29 is 12.3 Å². The molecule has 0 radical (unpaired) electrons. The van der Waals surface area contributed by atoms with Gasteiger partial charge in [0.15, 0.2) is 0 Å². The van der Waals surface area contributed by atoms with E-state index >= 15 is 0 Å². The standard InChI is InChI=1S/FGeHO2/c1-4-2-3/h2H. The normalized spacial score (nSPS) is 5.25. The Labute approximate surface area is 28.9 Å². The van der Waals surface area contributed by atoms with Gasteiger partial charge in [0, 0.05) is 0 Å². The summed E-state index contributed by atoms with van der Waals surface area (Å²) in [6.07, 6.45) is 0. The summed E-state index contributed by atoms with van der Waals surface area (Å²) in [5.41, 5.74) is 0. The summed E-state index contributed by atoms with van der Waals surface area (Å²) in [4.78, 5) is 0. The molecule has 0 aromatic rings. The maximum absolute atomic E-state index is 9.98. The zero-order valence-corrected chi connectivity index (χ0v) is 4.19. The van der Waals surface area contributed by atoms with Crippen LogP contribution in [0.5, 0.6) is 0 Å². The summed E-state index contributed by atoms with van der Waals surface area (Å²) in [5, 5.41) is 0. The van der Waals surface area contributed by atoms with Crippen molar-refractivity contribution in [3.8, 4) is 0 Å². The van der Waals surface area contributed by atoms with Crippen LogP contribution in [0.2, 0.25) is 0 Å². The quantitative estimate of drug-likeness (QED) is 0.444. The van der Waals surface area contributed by atoms with Crippen molar-refractivity contribution in [1.82, 2.24) is 0 Å². The van der Waals surface area contributed by atoms with Gasteiger partial charge in [0.05, 0.1) is 0 Å². The second-order valence-electron chi connectivity index (χ2n) is 0.185. The number of hydrogen-bond acceptors (Lipinski definition) is 2. The Morgan fingerprint density at radius 2 is 2.25 bits per heavy atom. The van der Waals surface area contributed by atoms with Crippen LogP contribution in [-0.4, -0.2) is 15.7 Å². The van der Waals surface area contributed by atoms with Gasteiger partial charge in [0.2, 0.25) is 0 Å². The summed E-state index contributed by atoms with van der Waals surface area (Å²) < 4.78 is 21.5. The van der Waals surface area contributed by atoms with E-state index in [1.807, 2.05) is 0 Å². The first kappa shape index (κ1) is 4.07. The van der Waals surface area contributed by atoms with Crippen molar-refractivity contribution in [3.05, 3.63) is 0 Å². The van der Waals surface area contributed by atoms with Gasteiger partial charge in [-0.1, -0.05) is 0 Å². The molecular weight excluding hydrogens is 124 g/mol. The van der Waals surface area contributed by atoms with E-state index in [9.17, 15) is 4.53 Å². The molecule has 0 saturated carbocycles. The van der Waals surface area contributed by atoms with Gasteiger partial charge in [-0.25, -0.2) is 0 Å². The molecule has 0 aliphatic rings. The minimum atomic E-state index is -2.10. The molecule has 0 aliphatic carbocycles. The van der Waals surface area contributed by atoms with Crippen molar-refractivity contribution >= 4 is 15.7 Å². The molecule has 24 valence electrons. The first-order valence-corrected chi connectivity index (χ1v) is 2.60. The molecule has 0 aliphatic heterocycles. The Morgan fingerprint density at radius 3 is 2.25 bits per heavy atom. The van der Waals surface area contributed by atoms with Gasteiger partial charge >= 0.3 is 28.0 Å². The van der Waals surface area contributed by atoms with Crippen LogP contribution in [-0.2, 0) is 7.75 Å². The summed E-state index contributed by atoms with van der Waals surface area (Å²) in [7, 11) is 0. The van der Waals surface area contributed by atoms with Gasteiger partial charge in [-0.05, 0) is 0 Å². The summed E-state index contributed by atoms with van der Waals surface area (Å²) >= 11 is -2.10. The van der Waals surface area contributed by atoms with E-state index in [0.29, 0.717) is 0 Å². The molecule has 0 rings (SSSR count). The average molecular weight is 125 g/mol. The molecule has 2 nitrogen and oxygen atoms in total. The first-order chi connectivity index (χ1) is 1.91. The second kappa shape index (κ2) is 3.07. The summed E-state index contributed by atoms with van der Waals surface area (Å²) in [6, 6.07) is 0. The van der Waals surface area contributed by atoms with Gasteiger partial charge < -0.3 is 0 Å². The molecule has 0 fully saturated rings. The Kier molecular flexibility index (Phi) is 3.13. The minimum absolute atomic E-state index is 2.10. The molecule has 0 N–H and O–H groups in total. The van der Waals surface area contributed by atoms with E-state index in [1.54, 1.807) is 0 Å². The Bertz CT molecular complexity index is 20.0. The molecule has 0 atom stereocenters. The third-order valence-electron chi connectivity index (χ3n) is 0.0364. The summed E-state index contributed by atoms with van der Waals surface area (Å²) in [5.74, 6) is 0. The molecule has 0 aromatic carbocycles. The molecular formula is HFGeO2. The van der Waals surface area contributed by atoms with Crippen LogP contribution < -0.4 is 0 Å². The molecule has 0 spiro atoms. The Hall–Kier alpha value is 0.0729. The number of hydrogen-bond donors (Lipinski definition) is 0. The zero-order chi connectivity index (χ0) is 3.41. The molecule has 0 amide bonds. The monoisotopic (exact) mass is 126 g/mol. The van der Waals surface area contributed by atoms with Crippen molar-refractivity contribution in [2.24, 2.45) is 0 Å². The second-order valence-corrected chi connectivity index (χ2v) is 0.963. The molecule has 4 heteroatoms. The zero-order valence-electron chi connectivity index (χ0n) is 1.77. The fourth-order valence-corrected chi connectivity index (χ4v) is 0. The van der Waals surface area contributed by atoms with Crippen LogP contribution in [0, 0.1) is 0 Å². The van der Waals surface area contributed by atoms with Gasteiger partial charge in [-0.2, -0.15) is 0 Å². The number of halogens is 1. The average Bonchev–Trinajstić information content (AvgIpc) is 1.37. The van der Waals surface area contributed by atoms with Crippen LogP contribution in [0.1, 0.15) is 0 Å². The van der Waals surface area contributed by atoms with Gasteiger partial charge in [0.25, 0.3) is 0 Å². The molecule has 0 aromatic heterocycles. The van der Waals surface area contributed by atoms with Crippen molar-refractivity contribution in [2.45, 2.75) is 0 Å². The Morgan fingerprint density at radius 1 is 2.00 bits per heavy atom. The topological polar surface area (TPSA) is 26.3 Å². The van der Waals surface area contributed by atoms with Gasteiger partial charge in [0.1, 0.15) is 0 Å². The van der Waals surface area contributed by atoms with E-state index < -0.39 is 15.7 Å². The summed E-state index contributed by atoms with van der Waals surface area (Å²) in [6.45, 7) is 0. The molecule has 4 heavy (non-hydrogen) atoms. The fraction of sp³-hybridized carbons (Fsp3) is 0. The van der Waals surface area contributed by atoms with Crippen LogP contribution in [0.4, 0.5) is 4.53 Å². The molecule has 0 unspecified atom stereocenters. The van der Waals surface area contributed by atoms with Crippen molar-refractivity contribution in [1.29, 1.82) is 0 Å². The predicted octanol–water partition coefficient (Wildman–Crippen LogP) is -0.416. The third-order valence-corrected chi connectivity index (χ3v) is 0.189. The predicted molar refractivity (Wildman–Crippen MR) is 10.0 cm³/mol. The van der Waals surface area contributed by atoms with E-state index in [2.05, 4.69) is 3.97 Å². The molecule has 0 bridgehead atoms.